The predicted octanol–water partition coefficient (Wildman–Crippen LogP) is 1.75. The van der Waals surface area contributed by atoms with E-state index in [4.69, 9.17) is 17.3 Å². The number of carbonyl (C=O) groups excluding carboxylic acids is 1. The third-order valence-corrected chi connectivity index (χ3v) is 2.87. The van der Waals surface area contributed by atoms with Gasteiger partial charge >= 0.3 is 0 Å². The highest BCUT2D eigenvalue weighted by Gasteiger charge is 2.21. The highest BCUT2D eigenvalue weighted by molar-refractivity contribution is 7.16. The SMILES string of the molecule is CC(C)(N)C(=O)NCc1ccc(Cl)s1. The minimum Gasteiger partial charge on any atom is -0.350 e. The molecule has 0 spiro atoms. The van der Waals surface area contributed by atoms with Gasteiger partial charge in [-0.1, -0.05) is 11.6 Å². The third-order valence-electron chi connectivity index (χ3n) is 1.64. The molecule has 0 radical (unpaired) electrons. The first-order chi connectivity index (χ1) is 6.39. The summed E-state index contributed by atoms with van der Waals surface area (Å²) in [5.41, 5.74) is 4.78. The Labute approximate surface area is 92.3 Å². The van der Waals surface area contributed by atoms with Crippen LogP contribution in [-0.2, 0) is 11.3 Å². The van der Waals surface area contributed by atoms with Crippen LogP contribution in [0.5, 0.6) is 0 Å². The van der Waals surface area contributed by atoms with Crippen molar-refractivity contribution in [3.05, 3.63) is 21.3 Å². The van der Waals surface area contributed by atoms with Crippen molar-refractivity contribution in [2.75, 3.05) is 0 Å². The molecule has 0 fully saturated rings. The van der Waals surface area contributed by atoms with Gasteiger partial charge in [0, 0.05) is 4.88 Å². The first-order valence-corrected chi connectivity index (χ1v) is 5.40. The van der Waals surface area contributed by atoms with Crippen LogP contribution in [0.25, 0.3) is 0 Å². The molecule has 1 heterocycles. The number of carbonyl (C=O) groups is 1. The Bertz CT molecular complexity index is 330. The largest absolute Gasteiger partial charge is 0.350 e. The lowest BCUT2D eigenvalue weighted by Gasteiger charge is -2.17. The van der Waals surface area contributed by atoms with E-state index in [2.05, 4.69) is 5.32 Å². The van der Waals surface area contributed by atoms with Gasteiger partial charge in [0.2, 0.25) is 5.91 Å². The zero-order valence-corrected chi connectivity index (χ0v) is 9.71. The average Bonchev–Trinajstić information content (AvgIpc) is 2.45. The monoisotopic (exact) mass is 232 g/mol. The van der Waals surface area contributed by atoms with Crippen molar-refractivity contribution >= 4 is 28.8 Å². The number of rotatable bonds is 3. The summed E-state index contributed by atoms with van der Waals surface area (Å²) in [5, 5.41) is 2.74. The van der Waals surface area contributed by atoms with Crippen molar-refractivity contribution < 1.29 is 4.79 Å². The van der Waals surface area contributed by atoms with E-state index >= 15 is 0 Å². The van der Waals surface area contributed by atoms with Gasteiger partial charge in [-0.15, -0.1) is 11.3 Å². The van der Waals surface area contributed by atoms with Crippen molar-refractivity contribution in [2.24, 2.45) is 5.73 Å². The number of nitrogens with two attached hydrogens (primary N) is 1. The van der Waals surface area contributed by atoms with E-state index < -0.39 is 5.54 Å². The van der Waals surface area contributed by atoms with Gasteiger partial charge in [-0.3, -0.25) is 4.79 Å². The van der Waals surface area contributed by atoms with E-state index in [1.54, 1.807) is 19.9 Å². The molecule has 0 atom stereocenters. The van der Waals surface area contributed by atoms with Gasteiger partial charge in [-0.2, -0.15) is 0 Å². The molecule has 0 aromatic carbocycles. The number of nitrogens with one attached hydrogen (secondary N) is 1. The molecular formula is C9H13ClN2OS. The van der Waals surface area contributed by atoms with E-state index in [9.17, 15) is 4.79 Å². The maximum atomic E-state index is 11.4. The molecule has 5 heteroatoms. The Morgan fingerprint density at radius 3 is 2.71 bits per heavy atom. The highest BCUT2D eigenvalue weighted by atomic mass is 35.5. The molecule has 3 nitrogen and oxygen atoms in total. The van der Waals surface area contributed by atoms with Crippen LogP contribution in [0.4, 0.5) is 0 Å². The quantitative estimate of drug-likeness (QED) is 0.835. The van der Waals surface area contributed by atoms with Gasteiger partial charge in [0.25, 0.3) is 0 Å². The lowest BCUT2D eigenvalue weighted by molar-refractivity contribution is -0.125. The average molecular weight is 233 g/mol. The van der Waals surface area contributed by atoms with Crippen molar-refractivity contribution in [1.29, 1.82) is 0 Å². The van der Waals surface area contributed by atoms with Gasteiger partial charge in [0.05, 0.1) is 16.4 Å². The van der Waals surface area contributed by atoms with Gasteiger partial charge in [-0.25, -0.2) is 0 Å². The number of hydrogen-bond acceptors (Lipinski definition) is 3. The van der Waals surface area contributed by atoms with E-state index in [1.807, 2.05) is 6.07 Å². The first kappa shape index (κ1) is 11.5. The molecule has 1 aromatic heterocycles. The van der Waals surface area contributed by atoms with Crippen LogP contribution in [0.15, 0.2) is 12.1 Å². The summed E-state index contributed by atoms with van der Waals surface area (Å²) < 4.78 is 0.723. The fourth-order valence-corrected chi connectivity index (χ4v) is 1.87. The summed E-state index contributed by atoms with van der Waals surface area (Å²) in [4.78, 5) is 12.4. The van der Waals surface area contributed by atoms with Crippen molar-refractivity contribution in [1.82, 2.24) is 5.32 Å². The molecule has 0 saturated carbocycles. The van der Waals surface area contributed by atoms with Gasteiger partial charge in [0.15, 0.2) is 0 Å². The van der Waals surface area contributed by atoms with E-state index in [1.165, 1.54) is 11.3 Å². The second kappa shape index (κ2) is 4.29. The van der Waals surface area contributed by atoms with Crippen LogP contribution in [0.3, 0.4) is 0 Å². The summed E-state index contributed by atoms with van der Waals surface area (Å²) in [7, 11) is 0. The van der Waals surface area contributed by atoms with Crippen LogP contribution in [0, 0.1) is 0 Å². The lowest BCUT2D eigenvalue weighted by atomic mass is 10.1. The number of hydrogen-bond donors (Lipinski definition) is 2. The summed E-state index contributed by atoms with van der Waals surface area (Å²) in [5.74, 6) is -0.165. The van der Waals surface area contributed by atoms with Gasteiger partial charge < -0.3 is 11.1 Å². The first-order valence-electron chi connectivity index (χ1n) is 4.21. The lowest BCUT2D eigenvalue weighted by Crippen LogP contribution is -2.48. The standard InChI is InChI=1S/C9H13ClN2OS/c1-9(2,11)8(13)12-5-6-3-4-7(10)14-6/h3-4H,5,11H2,1-2H3,(H,12,13). The molecule has 1 rings (SSSR count). The second-order valence-electron chi connectivity index (χ2n) is 3.61. The molecule has 0 aliphatic rings. The summed E-state index contributed by atoms with van der Waals surface area (Å²) in [6.07, 6.45) is 0. The highest BCUT2D eigenvalue weighted by Crippen LogP contribution is 2.21. The second-order valence-corrected chi connectivity index (χ2v) is 5.41. The van der Waals surface area contributed by atoms with Crippen LogP contribution >= 0.6 is 22.9 Å². The molecule has 0 aliphatic heterocycles. The molecule has 78 valence electrons. The third kappa shape index (κ3) is 3.29. The van der Waals surface area contributed by atoms with Crippen LogP contribution in [0.1, 0.15) is 18.7 Å². The molecule has 14 heavy (non-hydrogen) atoms. The van der Waals surface area contributed by atoms with Crippen LogP contribution < -0.4 is 11.1 Å². The Morgan fingerprint density at radius 2 is 2.29 bits per heavy atom. The molecule has 0 aliphatic carbocycles. The maximum Gasteiger partial charge on any atom is 0.239 e. The maximum absolute atomic E-state index is 11.4. The molecule has 3 N–H and O–H groups in total. The van der Waals surface area contributed by atoms with E-state index in [-0.39, 0.29) is 5.91 Å². The molecule has 1 aromatic rings. The van der Waals surface area contributed by atoms with Crippen molar-refractivity contribution in [3.63, 3.8) is 0 Å². The van der Waals surface area contributed by atoms with E-state index in [0.717, 1.165) is 9.21 Å². The number of thiophene rings is 1. The number of halogens is 1. The number of amides is 1. The Morgan fingerprint density at radius 1 is 1.64 bits per heavy atom. The molecule has 0 unspecified atom stereocenters. The minimum atomic E-state index is -0.832. The smallest absolute Gasteiger partial charge is 0.239 e. The van der Waals surface area contributed by atoms with Gasteiger partial charge in [-0.05, 0) is 26.0 Å². The van der Waals surface area contributed by atoms with Gasteiger partial charge in [0.1, 0.15) is 0 Å². The molecular weight excluding hydrogens is 220 g/mol. The normalized spacial score (nSPS) is 11.4. The Kier molecular flexibility index (Phi) is 3.53. The zero-order valence-electron chi connectivity index (χ0n) is 8.13. The summed E-state index contributed by atoms with van der Waals surface area (Å²) >= 11 is 7.20. The minimum absolute atomic E-state index is 0.165. The molecule has 0 bridgehead atoms. The fraction of sp³-hybridized carbons (Fsp3) is 0.444. The predicted molar refractivity (Wildman–Crippen MR) is 59.4 cm³/mol. The van der Waals surface area contributed by atoms with Crippen LogP contribution in [0.2, 0.25) is 4.34 Å². The summed E-state index contributed by atoms with van der Waals surface area (Å²) in [6, 6.07) is 3.69. The Balaban J connectivity index is 2.46. The topological polar surface area (TPSA) is 55.1 Å². The zero-order chi connectivity index (χ0) is 10.8. The molecule has 1 amide bonds. The Hall–Kier alpha value is -0.580. The molecule has 0 saturated heterocycles. The summed E-state index contributed by atoms with van der Waals surface area (Å²) in [6.45, 7) is 3.82. The van der Waals surface area contributed by atoms with Crippen LogP contribution in [-0.4, -0.2) is 11.4 Å². The van der Waals surface area contributed by atoms with Crippen molar-refractivity contribution in [3.8, 4) is 0 Å². The van der Waals surface area contributed by atoms with E-state index in [0.29, 0.717) is 6.54 Å². The van der Waals surface area contributed by atoms with Crippen molar-refractivity contribution in [2.45, 2.75) is 25.9 Å². The fourth-order valence-electron chi connectivity index (χ4n) is 0.842.